The summed E-state index contributed by atoms with van der Waals surface area (Å²) in [4.78, 5) is 23.4. The highest BCUT2D eigenvalue weighted by Gasteiger charge is 2.09. The number of hydrogen-bond donors (Lipinski definition) is 4. The first-order valence-electron chi connectivity index (χ1n) is 6.03. The first kappa shape index (κ1) is 14.7. The number of hydrogen-bond acceptors (Lipinski definition) is 3. The number of carbonyl (C=O) groups excluding carboxylic acids is 2. The summed E-state index contributed by atoms with van der Waals surface area (Å²) >= 11 is 5.74. The van der Waals surface area contributed by atoms with Gasteiger partial charge in [-0.2, -0.15) is 0 Å². The summed E-state index contributed by atoms with van der Waals surface area (Å²) in [5.74, 6) is -0.501. The Labute approximate surface area is 126 Å². The van der Waals surface area contributed by atoms with E-state index in [-0.39, 0.29) is 5.56 Å². The van der Waals surface area contributed by atoms with Crippen LogP contribution in [-0.2, 0) is 0 Å². The van der Waals surface area contributed by atoms with E-state index in [0.717, 1.165) is 0 Å². The quantitative estimate of drug-likeness (QED) is 0.506. The number of halogens is 1. The lowest BCUT2D eigenvalue weighted by Gasteiger charge is -2.10. The van der Waals surface area contributed by atoms with Crippen molar-refractivity contribution in [1.29, 1.82) is 0 Å². The number of rotatable bonds is 2. The molecule has 2 aromatic carbocycles. The summed E-state index contributed by atoms with van der Waals surface area (Å²) in [5, 5.41) is 3.10. The van der Waals surface area contributed by atoms with Crippen LogP contribution in [0.1, 0.15) is 10.4 Å². The molecule has 0 spiro atoms. The molecule has 2 aromatic rings. The molecule has 0 heterocycles. The highest BCUT2D eigenvalue weighted by atomic mass is 35.5. The predicted octanol–water partition coefficient (Wildman–Crippen LogP) is 2.39. The van der Waals surface area contributed by atoms with E-state index in [1.54, 1.807) is 48.5 Å². The molecule has 2 rings (SSSR count). The standard InChI is InChI=1S/C14H13ClN4O2/c15-9-5-7-10(8-6-9)17-14(21)19-18-13(20)11-3-1-2-4-12(11)16/h1-8H,16H2,(H,18,20)(H2,17,19,21). The molecular weight excluding hydrogens is 292 g/mol. The Morgan fingerprint density at radius 3 is 2.29 bits per heavy atom. The van der Waals surface area contributed by atoms with Gasteiger partial charge in [-0.1, -0.05) is 23.7 Å². The second kappa shape index (κ2) is 6.62. The van der Waals surface area contributed by atoms with Crippen LogP contribution in [0.4, 0.5) is 16.2 Å². The summed E-state index contributed by atoms with van der Waals surface area (Å²) in [7, 11) is 0. The van der Waals surface area contributed by atoms with Crippen LogP contribution in [0.5, 0.6) is 0 Å². The fourth-order valence-corrected chi connectivity index (χ4v) is 1.71. The van der Waals surface area contributed by atoms with Gasteiger partial charge in [0.25, 0.3) is 5.91 Å². The van der Waals surface area contributed by atoms with Gasteiger partial charge in [0.05, 0.1) is 5.56 Å². The molecular formula is C14H13ClN4O2. The SMILES string of the molecule is Nc1ccccc1C(=O)NNC(=O)Nc1ccc(Cl)cc1. The van der Waals surface area contributed by atoms with Gasteiger partial charge in [0.1, 0.15) is 0 Å². The number of benzene rings is 2. The van der Waals surface area contributed by atoms with E-state index in [0.29, 0.717) is 16.4 Å². The fraction of sp³-hybridized carbons (Fsp3) is 0. The minimum Gasteiger partial charge on any atom is -0.398 e. The number of para-hydroxylation sites is 1. The van der Waals surface area contributed by atoms with Crippen molar-refractivity contribution < 1.29 is 9.59 Å². The summed E-state index contributed by atoms with van der Waals surface area (Å²) in [6.45, 7) is 0. The Morgan fingerprint density at radius 2 is 1.62 bits per heavy atom. The number of hydrazine groups is 1. The lowest BCUT2D eigenvalue weighted by Crippen LogP contribution is -2.44. The van der Waals surface area contributed by atoms with E-state index in [4.69, 9.17) is 17.3 Å². The topological polar surface area (TPSA) is 96.2 Å². The van der Waals surface area contributed by atoms with Crippen molar-refractivity contribution >= 4 is 34.9 Å². The normalized spacial score (nSPS) is 9.76. The van der Waals surface area contributed by atoms with Gasteiger partial charge >= 0.3 is 6.03 Å². The Morgan fingerprint density at radius 1 is 0.952 bits per heavy atom. The molecule has 21 heavy (non-hydrogen) atoms. The average molecular weight is 305 g/mol. The van der Waals surface area contributed by atoms with Crippen molar-refractivity contribution in [2.45, 2.75) is 0 Å². The molecule has 0 atom stereocenters. The van der Waals surface area contributed by atoms with Crippen molar-refractivity contribution in [3.63, 3.8) is 0 Å². The molecule has 0 radical (unpaired) electrons. The highest BCUT2D eigenvalue weighted by molar-refractivity contribution is 6.30. The van der Waals surface area contributed by atoms with Gasteiger partial charge in [0.15, 0.2) is 0 Å². The van der Waals surface area contributed by atoms with Crippen LogP contribution in [0.2, 0.25) is 5.02 Å². The van der Waals surface area contributed by atoms with Crippen LogP contribution in [-0.4, -0.2) is 11.9 Å². The van der Waals surface area contributed by atoms with Gasteiger partial charge in [-0.15, -0.1) is 0 Å². The molecule has 0 fully saturated rings. The van der Waals surface area contributed by atoms with Crippen molar-refractivity contribution in [1.82, 2.24) is 10.9 Å². The van der Waals surface area contributed by atoms with Gasteiger partial charge in [-0.05, 0) is 36.4 Å². The summed E-state index contributed by atoms with van der Waals surface area (Å²) in [5.41, 5.74) is 11.3. The van der Waals surface area contributed by atoms with Gasteiger partial charge in [-0.25, -0.2) is 10.2 Å². The Kier molecular flexibility index (Phi) is 4.63. The van der Waals surface area contributed by atoms with Crippen LogP contribution < -0.4 is 21.9 Å². The number of nitrogen functional groups attached to an aromatic ring is 1. The lowest BCUT2D eigenvalue weighted by atomic mass is 10.2. The monoisotopic (exact) mass is 304 g/mol. The minimum atomic E-state index is -0.583. The maximum atomic E-state index is 11.8. The number of nitrogens with two attached hydrogens (primary N) is 1. The van der Waals surface area contributed by atoms with E-state index < -0.39 is 11.9 Å². The Hall–Kier alpha value is -2.73. The van der Waals surface area contributed by atoms with Gasteiger partial charge < -0.3 is 11.1 Å². The van der Waals surface area contributed by atoms with Gasteiger partial charge in [0, 0.05) is 16.4 Å². The van der Waals surface area contributed by atoms with Crippen LogP contribution in [0.3, 0.4) is 0 Å². The maximum Gasteiger partial charge on any atom is 0.337 e. The van der Waals surface area contributed by atoms with Gasteiger partial charge in [0.2, 0.25) is 0 Å². The van der Waals surface area contributed by atoms with Crippen molar-refractivity contribution in [3.8, 4) is 0 Å². The van der Waals surface area contributed by atoms with Crippen molar-refractivity contribution in [3.05, 3.63) is 59.1 Å². The molecule has 108 valence electrons. The molecule has 5 N–H and O–H groups in total. The molecule has 3 amide bonds. The summed E-state index contributed by atoms with van der Waals surface area (Å²) in [6.07, 6.45) is 0. The molecule has 0 aliphatic heterocycles. The third-order valence-electron chi connectivity index (χ3n) is 2.60. The maximum absolute atomic E-state index is 11.8. The van der Waals surface area contributed by atoms with E-state index in [1.165, 1.54) is 0 Å². The molecule has 0 aliphatic rings. The summed E-state index contributed by atoms with van der Waals surface area (Å²) < 4.78 is 0. The largest absolute Gasteiger partial charge is 0.398 e. The molecule has 0 unspecified atom stereocenters. The first-order valence-corrected chi connectivity index (χ1v) is 6.41. The molecule has 0 aromatic heterocycles. The van der Waals surface area contributed by atoms with Crippen molar-refractivity contribution in [2.24, 2.45) is 0 Å². The van der Waals surface area contributed by atoms with Crippen LogP contribution in [0.25, 0.3) is 0 Å². The van der Waals surface area contributed by atoms with Crippen LogP contribution >= 0.6 is 11.6 Å². The molecule has 0 saturated carbocycles. The third-order valence-corrected chi connectivity index (χ3v) is 2.85. The third kappa shape index (κ3) is 4.12. The number of carbonyl (C=O) groups is 2. The van der Waals surface area contributed by atoms with E-state index in [2.05, 4.69) is 16.2 Å². The highest BCUT2D eigenvalue weighted by Crippen LogP contribution is 2.13. The average Bonchev–Trinajstić information content (AvgIpc) is 2.48. The number of amides is 3. The number of nitrogens with one attached hydrogen (secondary N) is 3. The van der Waals surface area contributed by atoms with Crippen molar-refractivity contribution in [2.75, 3.05) is 11.1 Å². The van der Waals surface area contributed by atoms with E-state index in [9.17, 15) is 9.59 Å². The number of anilines is 2. The molecule has 6 nitrogen and oxygen atoms in total. The predicted molar refractivity (Wildman–Crippen MR) is 81.9 cm³/mol. The molecule has 0 aliphatic carbocycles. The first-order chi connectivity index (χ1) is 10.1. The van der Waals surface area contributed by atoms with Crippen LogP contribution in [0, 0.1) is 0 Å². The zero-order valence-electron chi connectivity index (χ0n) is 10.9. The summed E-state index contributed by atoms with van der Waals surface area (Å²) in [6, 6.07) is 12.5. The molecule has 0 saturated heterocycles. The van der Waals surface area contributed by atoms with Crippen LogP contribution in [0.15, 0.2) is 48.5 Å². The smallest absolute Gasteiger partial charge is 0.337 e. The number of urea groups is 1. The zero-order chi connectivity index (χ0) is 15.2. The second-order valence-corrected chi connectivity index (χ2v) is 4.56. The molecule has 0 bridgehead atoms. The second-order valence-electron chi connectivity index (χ2n) is 4.13. The van der Waals surface area contributed by atoms with Gasteiger partial charge in [-0.3, -0.25) is 10.2 Å². The zero-order valence-corrected chi connectivity index (χ0v) is 11.6. The molecule has 7 heteroatoms. The lowest BCUT2D eigenvalue weighted by molar-refractivity contribution is 0.0939. The minimum absolute atomic E-state index is 0.282. The van der Waals surface area contributed by atoms with E-state index >= 15 is 0 Å². The van der Waals surface area contributed by atoms with E-state index in [1.807, 2.05) is 0 Å². The fourth-order valence-electron chi connectivity index (χ4n) is 1.58. The Balaban J connectivity index is 1.88. The Bertz CT molecular complexity index is 658.